The second kappa shape index (κ2) is 5.67. The SMILES string of the molecule is Cc1ccnc2c1nc(SCC(=O)O)n2CC(C)C1CC1. The molecular weight excluding hydrogens is 286 g/mol. The second-order valence-electron chi connectivity index (χ2n) is 5.80. The third-order valence-electron chi connectivity index (χ3n) is 4.02. The van der Waals surface area contributed by atoms with Gasteiger partial charge in [-0.3, -0.25) is 4.79 Å². The average Bonchev–Trinajstić information content (AvgIpc) is 3.22. The first-order valence-electron chi connectivity index (χ1n) is 7.22. The summed E-state index contributed by atoms with van der Waals surface area (Å²) in [5.41, 5.74) is 2.83. The van der Waals surface area contributed by atoms with Crippen molar-refractivity contribution in [2.45, 2.75) is 38.4 Å². The van der Waals surface area contributed by atoms with Crippen LogP contribution < -0.4 is 0 Å². The van der Waals surface area contributed by atoms with Crippen LogP contribution in [0.5, 0.6) is 0 Å². The summed E-state index contributed by atoms with van der Waals surface area (Å²) in [6.45, 7) is 5.13. The fourth-order valence-corrected chi connectivity index (χ4v) is 3.35. The number of aromatic nitrogens is 3. The van der Waals surface area contributed by atoms with Gasteiger partial charge < -0.3 is 9.67 Å². The zero-order valence-corrected chi connectivity index (χ0v) is 13.1. The maximum absolute atomic E-state index is 10.8. The Bertz CT molecular complexity index is 679. The van der Waals surface area contributed by atoms with Crippen LogP contribution in [-0.2, 0) is 11.3 Å². The van der Waals surface area contributed by atoms with E-state index in [0.29, 0.717) is 5.92 Å². The monoisotopic (exact) mass is 305 g/mol. The molecule has 0 amide bonds. The molecule has 1 unspecified atom stereocenters. The number of rotatable bonds is 6. The van der Waals surface area contributed by atoms with Gasteiger partial charge in [0.15, 0.2) is 10.8 Å². The predicted octanol–water partition coefficient (Wildman–Crippen LogP) is 2.96. The van der Waals surface area contributed by atoms with Crippen molar-refractivity contribution in [3.63, 3.8) is 0 Å². The number of fused-ring (bicyclic) bond motifs is 1. The molecule has 0 saturated heterocycles. The van der Waals surface area contributed by atoms with Crippen molar-refractivity contribution in [3.8, 4) is 0 Å². The number of carboxylic acids is 1. The van der Waals surface area contributed by atoms with Gasteiger partial charge in [0.2, 0.25) is 0 Å². The van der Waals surface area contributed by atoms with Gasteiger partial charge in [0.25, 0.3) is 0 Å². The summed E-state index contributed by atoms with van der Waals surface area (Å²) in [5, 5.41) is 9.67. The molecule has 0 spiro atoms. The number of nitrogens with zero attached hydrogens (tertiary/aromatic N) is 3. The third kappa shape index (κ3) is 3.05. The molecule has 0 aromatic carbocycles. The molecule has 1 N–H and O–H groups in total. The molecule has 0 aliphatic heterocycles. The minimum Gasteiger partial charge on any atom is -0.481 e. The molecule has 3 rings (SSSR count). The highest BCUT2D eigenvalue weighted by molar-refractivity contribution is 7.99. The van der Waals surface area contributed by atoms with Crippen molar-refractivity contribution in [2.75, 3.05) is 5.75 Å². The first-order chi connectivity index (χ1) is 10.1. The van der Waals surface area contributed by atoms with Gasteiger partial charge in [-0.05, 0) is 43.2 Å². The standard InChI is InChI=1S/C15H19N3O2S/c1-9-5-6-16-14-13(9)17-15(21-8-12(19)20)18(14)7-10(2)11-3-4-11/h5-6,10-11H,3-4,7-8H2,1-2H3,(H,19,20). The van der Waals surface area contributed by atoms with E-state index in [1.165, 1.54) is 24.6 Å². The van der Waals surface area contributed by atoms with E-state index in [4.69, 9.17) is 5.11 Å². The van der Waals surface area contributed by atoms with Gasteiger partial charge in [0, 0.05) is 12.7 Å². The maximum Gasteiger partial charge on any atom is 0.313 e. The maximum atomic E-state index is 10.8. The highest BCUT2D eigenvalue weighted by atomic mass is 32.2. The van der Waals surface area contributed by atoms with Crippen LogP contribution in [0.2, 0.25) is 0 Å². The number of aliphatic carboxylic acids is 1. The van der Waals surface area contributed by atoms with E-state index in [-0.39, 0.29) is 5.75 Å². The first kappa shape index (κ1) is 14.4. The highest BCUT2D eigenvalue weighted by Gasteiger charge is 2.29. The summed E-state index contributed by atoms with van der Waals surface area (Å²) in [5.74, 6) is 0.581. The summed E-state index contributed by atoms with van der Waals surface area (Å²) in [7, 11) is 0. The Kier molecular flexibility index (Phi) is 3.89. The smallest absolute Gasteiger partial charge is 0.313 e. The van der Waals surface area contributed by atoms with E-state index in [9.17, 15) is 4.79 Å². The molecule has 2 aromatic rings. The zero-order chi connectivity index (χ0) is 15.0. The van der Waals surface area contributed by atoms with Crippen LogP contribution >= 0.6 is 11.8 Å². The van der Waals surface area contributed by atoms with E-state index in [0.717, 1.165) is 34.3 Å². The predicted molar refractivity (Wildman–Crippen MR) is 82.5 cm³/mol. The lowest BCUT2D eigenvalue weighted by atomic mass is 10.1. The molecule has 1 atom stereocenters. The number of imidazole rings is 1. The minimum atomic E-state index is -0.821. The number of hydrogen-bond donors (Lipinski definition) is 1. The Morgan fingerprint density at radius 1 is 1.57 bits per heavy atom. The van der Waals surface area contributed by atoms with Crippen molar-refractivity contribution in [1.82, 2.24) is 14.5 Å². The van der Waals surface area contributed by atoms with Gasteiger partial charge in [-0.15, -0.1) is 0 Å². The lowest BCUT2D eigenvalue weighted by Crippen LogP contribution is -2.11. The van der Waals surface area contributed by atoms with E-state index < -0.39 is 5.97 Å². The molecule has 2 aromatic heterocycles. The Morgan fingerprint density at radius 3 is 3.00 bits per heavy atom. The second-order valence-corrected chi connectivity index (χ2v) is 6.74. The van der Waals surface area contributed by atoms with Gasteiger partial charge in [-0.25, -0.2) is 9.97 Å². The van der Waals surface area contributed by atoms with Crippen LogP contribution in [0.1, 0.15) is 25.3 Å². The summed E-state index contributed by atoms with van der Waals surface area (Å²) in [6, 6.07) is 1.94. The van der Waals surface area contributed by atoms with Crippen LogP contribution in [0.3, 0.4) is 0 Å². The molecule has 0 bridgehead atoms. The lowest BCUT2D eigenvalue weighted by molar-refractivity contribution is -0.133. The van der Waals surface area contributed by atoms with Gasteiger partial charge in [-0.1, -0.05) is 18.7 Å². The number of aryl methyl sites for hydroxylation is 1. The molecule has 1 saturated carbocycles. The highest BCUT2D eigenvalue weighted by Crippen LogP contribution is 2.38. The first-order valence-corrected chi connectivity index (χ1v) is 8.21. The van der Waals surface area contributed by atoms with Gasteiger partial charge >= 0.3 is 5.97 Å². The largest absolute Gasteiger partial charge is 0.481 e. The van der Waals surface area contributed by atoms with Crippen LogP contribution in [0, 0.1) is 18.8 Å². The quantitative estimate of drug-likeness (QED) is 0.831. The van der Waals surface area contributed by atoms with Crippen LogP contribution in [0.15, 0.2) is 17.4 Å². The number of carbonyl (C=O) groups is 1. The summed E-state index contributed by atoms with van der Waals surface area (Å²) in [4.78, 5) is 19.9. The average molecular weight is 305 g/mol. The van der Waals surface area contributed by atoms with E-state index >= 15 is 0 Å². The van der Waals surface area contributed by atoms with Gasteiger partial charge in [-0.2, -0.15) is 0 Å². The van der Waals surface area contributed by atoms with Gasteiger partial charge in [0.1, 0.15) is 5.52 Å². The topological polar surface area (TPSA) is 68.0 Å². The van der Waals surface area contributed by atoms with Crippen molar-refractivity contribution in [3.05, 3.63) is 17.8 Å². The minimum absolute atomic E-state index is 0.0280. The van der Waals surface area contributed by atoms with E-state index in [1.807, 2.05) is 13.0 Å². The molecule has 21 heavy (non-hydrogen) atoms. The van der Waals surface area contributed by atoms with Crippen LogP contribution in [0.4, 0.5) is 0 Å². The van der Waals surface area contributed by atoms with E-state index in [1.54, 1.807) is 6.20 Å². The molecule has 0 radical (unpaired) electrons. The number of hydrogen-bond acceptors (Lipinski definition) is 4. The van der Waals surface area contributed by atoms with Gasteiger partial charge in [0.05, 0.1) is 5.75 Å². The van der Waals surface area contributed by atoms with E-state index in [2.05, 4.69) is 21.5 Å². The van der Waals surface area contributed by atoms with Crippen LogP contribution in [-0.4, -0.2) is 31.4 Å². The van der Waals surface area contributed by atoms with Crippen molar-refractivity contribution >= 4 is 28.9 Å². The molecular formula is C15H19N3O2S. The normalized spacial score (nSPS) is 16.3. The van der Waals surface area contributed by atoms with Crippen LogP contribution in [0.25, 0.3) is 11.2 Å². The Hall–Kier alpha value is -1.56. The molecule has 2 heterocycles. The number of carboxylic acid groups (broad SMARTS) is 1. The number of pyridine rings is 1. The van der Waals surface area contributed by atoms with Crippen molar-refractivity contribution < 1.29 is 9.90 Å². The Morgan fingerprint density at radius 2 is 2.33 bits per heavy atom. The fourth-order valence-electron chi connectivity index (χ4n) is 2.62. The Balaban J connectivity index is 1.97. The Labute approximate surface area is 127 Å². The lowest BCUT2D eigenvalue weighted by Gasteiger charge is -2.13. The molecule has 1 aliphatic carbocycles. The van der Waals surface area contributed by atoms with Crippen molar-refractivity contribution in [1.29, 1.82) is 0 Å². The zero-order valence-electron chi connectivity index (χ0n) is 12.2. The summed E-state index contributed by atoms with van der Waals surface area (Å²) >= 11 is 1.28. The number of thioether (sulfide) groups is 1. The molecule has 5 nitrogen and oxygen atoms in total. The molecule has 1 fully saturated rings. The summed E-state index contributed by atoms with van der Waals surface area (Å²) in [6.07, 6.45) is 4.40. The molecule has 112 valence electrons. The van der Waals surface area contributed by atoms with Crippen molar-refractivity contribution in [2.24, 2.45) is 11.8 Å². The summed E-state index contributed by atoms with van der Waals surface area (Å²) < 4.78 is 2.10. The molecule has 1 aliphatic rings. The molecule has 6 heteroatoms. The third-order valence-corrected chi connectivity index (χ3v) is 4.98. The fraction of sp³-hybridized carbons (Fsp3) is 0.533.